The van der Waals surface area contributed by atoms with E-state index in [2.05, 4.69) is 4.72 Å². The molecule has 0 aliphatic rings. The summed E-state index contributed by atoms with van der Waals surface area (Å²) in [5.41, 5.74) is 0.704. The summed E-state index contributed by atoms with van der Waals surface area (Å²) in [4.78, 5) is 11.2. The van der Waals surface area contributed by atoms with Gasteiger partial charge in [-0.2, -0.15) is 0 Å². The van der Waals surface area contributed by atoms with Crippen molar-refractivity contribution in [1.82, 2.24) is 4.72 Å². The summed E-state index contributed by atoms with van der Waals surface area (Å²) in [6.07, 6.45) is 0. The molecule has 0 spiro atoms. The van der Waals surface area contributed by atoms with E-state index in [-0.39, 0.29) is 17.0 Å². The van der Waals surface area contributed by atoms with Crippen molar-refractivity contribution >= 4 is 26.8 Å². The molecule has 0 aromatic heterocycles. The van der Waals surface area contributed by atoms with Gasteiger partial charge in [0.2, 0.25) is 10.0 Å². The number of fused-ring (bicyclic) bond motifs is 1. The number of aromatic carboxylic acids is 1. The van der Waals surface area contributed by atoms with E-state index in [1.54, 1.807) is 36.4 Å². The summed E-state index contributed by atoms with van der Waals surface area (Å²) in [6.45, 7) is 0.0205. The first-order valence-corrected chi connectivity index (χ1v) is 8.75. The Bertz CT molecular complexity index is 1010. The quantitative estimate of drug-likeness (QED) is 0.747. The highest BCUT2D eigenvalue weighted by Gasteiger charge is 2.17. The second-order valence-corrected chi connectivity index (χ2v) is 7.04. The molecule has 0 aliphatic heterocycles. The summed E-state index contributed by atoms with van der Waals surface area (Å²) < 4.78 is 27.8. The van der Waals surface area contributed by atoms with Crippen LogP contribution in [0.2, 0.25) is 0 Å². The van der Waals surface area contributed by atoms with Crippen molar-refractivity contribution in [3.8, 4) is 0 Å². The highest BCUT2D eigenvalue weighted by molar-refractivity contribution is 7.89. The Kier molecular flexibility index (Phi) is 4.33. The van der Waals surface area contributed by atoms with Gasteiger partial charge in [0.1, 0.15) is 0 Å². The summed E-state index contributed by atoms with van der Waals surface area (Å²) in [7, 11) is -3.72. The number of carboxylic acid groups (broad SMARTS) is 1. The molecule has 0 radical (unpaired) electrons. The van der Waals surface area contributed by atoms with Crippen LogP contribution in [-0.2, 0) is 16.6 Å². The maximum absolute atomic E-state index is 12.6. The van der Waals surface area contributed by atoms with Crippen molar-refractivity contribution in [2.75, 3.05) is 0 Å². The van der Waals surface area contributed by atoms with Crippen LogP contribution in [0.15, 0.2) is 71.6 Å². The first-order valence-electron chi connectivity index (χ1n) is 7.27. The number of carboxylic acids is 1. The molecule has 6 heteroatoms. The molecule has 0 aliphatic carbocycles. The Hall–Kier alpha value is -2.70. The minimum Gasteiger partial charge on any atom is -0.478 e. The maximum atomic E-state index is 12.6. The molecule has 24 heavy (non-hydrogen) atoms. The number of nitrogens with one attached hydrogen (secondary N) is 1. The molecule has 5 nitrogen and oxygen atoms in total. The average molecular weight is 341 g/mol. The number of rotatable bonds is 5. The first kappa shape index (κ1) is 16.2. The van der Waals surface area contributed by atoms with Crippen LogP contribution in [0.3, 0.4) is 0 Å². The van der Waals surface area contributed by atoms with Crippen LogP contribution in [0.1, 0.15) is 15.9 Å². The lowest BCUT2D eigenvalue weighted by molar-refractivity contribution is 0.0696. The van der Waals surface area contributed by atoms with Crippen molar-refractivity contribution < 1.29 is 18.3 Å². The predicted molar refractivity (Wildman–Crippen MR) is 91.4 cm³/mol. The number of benzene rings is 3. The zero-order valence-electron chi connectivity index (χ0n) is 12.6. The fourth-order valence-electron chi connectivity index (χ4n) is 2.50. The second-order valence-electron chi connectivity index (χ2n) is 5.31. The molecule has 0 heterocycles. The SMILES string of the molecule is O=C(O)c1cccc(CNS(=O)(=O)c2cccc3ccccc23)c1. The molecule has 3 aromatic carbocycles. The number of carbonyl (C=O) groups is 1. The van der Waals surface area contributed by atoms with E-state index in [0.717, 1.165) is 5.39 Å². The molecule has 0 saturated heterocycles. The van der Waals surface area contributed by atoms with Gasteiger partial charge in [-0.05, 0) is 29.1 Å². The Morgan fingerprint density at radius 3 is 2.46 bits per heavy atom. The van der Waals surface area contributed by atoms with E-state index < -0.39 is 16.0 Å². The monoisotopic (exact) mass is 341 g/mol. The largest absolute Gasteiger partial charge is 0.478 e. The molecule has 2 N–H and O–H groups in total. The van der Waals surface area contributed by atoms with E-state index in [4.69, 9.17) is 5.11 Å². The second kappa shape index (κ2) is 6.43. The van der Waals surface area contributed by atoms with Gasteiger partial charge >= 0.3 is 5.97 Å². The molecule has 0 saturated carbocycles. The summed E-state index contributed by atoms with van der Waals surface area (Å²) in [5.74, 6) is -1.05. The average Bonchev–Trinajstić information content (AvgIpc) is 2.60. The van der Waals surface area contributed by atoms with Gasteiger partial charge in [0.15, 0.2) is 0 Å². The minimum atomic E-state index is -3.72. The van der Waals surface area contributed by atoms with Gasteiger partial charge < -0.3 is 5.11 Å². The third-order valence-electron chi connectivity index (χ3n) is 3.68. The lowest BCUT2D eigenvalue weighted by Gasteiger charge is -2.10. The lowest BCUT2D eigenvalue weighted by Crippen LogP contribution is -2.23. The Morgan fingerprint density at radius 1 is 0.958 bits per heavy atom. The van der Waals surface area contributed by atoms with Crippen LogP contribution in [0.5, 0.6) is 0 Å². The Morgan fingerprint density at radius 2 is 1.67 bits per heavy atom. The van der Waals surface area contributed by atoms with E-state index in [0.29, 0.717) is 10.9 Å². The number of hydrogen-bond donors (Lipinski definition) is 2. The molecule has 0 unspecified atom stereocenters. The van der Waals surface area contributed by atoms with E-state index in [1.807, 2.05) is 18.2 Å². The maximum Gasteiger partial charge on any atom is 0.335 e. The molecular formula is C18H15NO4S. The zero-order chi connectivity index (χ0) is 17.2. The van der Waals surface area contributed by atoms with Gasteiger partial charge in [-0.15, -0.1) is 0 Å². The van der Waals surface area contributed by atoms with Crippen LogP contribution < -0.4 is 4.72 Å². The first-order chi connectivity index (χ1) is 11.5. The van der Waals surface area contributed by atoms with Crippen molar-refractivity contribution in [2.24, 2.45) is 0 Å². The van der Waals surface area contributed by atoms with Crippen molar-refractivity contribution in [2.45, 2.75) is 11.4 Å². The van der Waals surface area contributed by atoms with E-state index in [9.17, 15) is 13.2 Å². The molecule has 0 bridgehead atoms. The fraction of sp³-hybridized carbons (Fsp3) is 0.0556. The van der Waals surface area contributed by atoms with Crippen LogP contribution in [-0.4, -0.2) is 19.5 Å². The third-order valence-corrected chi connectivity index (χ3v) is 5.14. The molecule has 3 rings (SSSR count). The van der Waals surface area contributed by atoms with E-state index >= 15 is 0 Å². The van der Waals surface area contributed by atoms with Crippen molar-refractivity contribution in [3.05, 3.63) is 77.9 Å². The fourth-order valence-corrected chi connectivity index (χ4v) is 3.75. The Labute approximate surface area is 139 Å². The normalized spacial score (nSPS) is 11.5. The van der Waals surface area contributed by atoms with Crippen molar-refractivity contribution in [1.29, 1.82) is 0 Å². The number of hydrogen-bond acceptors (Lipinski definition) is 3. The van der Waals surface area contributed by atoms with Crippen LogP contribution in [0.25, 0.3) is 10.8 Å². The highest BCUT2D eigenvalue weighted by Crippen LogP contribution is 2.22. The van der Waals surface area contributed by atoms with E-state index in [1.165, 1.54) is 12.1 Å². The van der Waals surface area contributed by atoms with Gasteiger partial charge in [-0.3, -0.25) is 0 Å². The number of sulfonamides is 1. The summed E-state index contributed by atoms with van der Waals surface area (Å²) in [6, 6.07) is 18.5. The minimum absolute atomic E-state index is 0.0205. The van der Waals surface area contributed by atoms with Gasteiger partial charge in [0, 0.05) is 11.9 Å². The van der Waals surface area contributed by atoms with Gasteiger partial charge in [0.25, 0.3) is 0 Å². The molecule has 0 atom stereocenters. The summed E-state index contributed by atoms with van der Waals surface area (Å²) >= 11 is 0. The molecular weight excluding hydrogens is 326 g/mol. The van der Waals surface area contributed by atoms with Gasteiger partial charge in [0.05, 0.1) is 10.5 Å². The Balaban J connectivity index is 1.89. The molecule has 3 aromatic rings. The smallest absolute Gasteiger partial charge is 0.335 e. The van der Waals surface area contributed by atoms with Crippen LogP contribution in [0, 0.1) is 0 Å². The third kappa shape index (κ3) is 3.29. The lowest BCUT2D eigenvalue weighted by atomic mass is 10.1. The summed E-state index contributed by atoms with van der Waals surface area (Å²) in [5, 5.41) is 10.5. The molecule has 0 fully saturated rings. The molecule has 0 amide bonds. The van der Waals surface area contributed by atoms with Crippen molar-refractivity contribution in [3.63, 3.8) is 0 Å². The highest BCUT2D eigenvalue weighted by atomic mass is 32.2. The van der Waals surface area contributed by atoms with Crippen LogP contribution >= 0.6 is 0 Å². The van der Waals surface area contributed by atoms with Gasteiger partial charge in [-0.1, -0.05) is 48.5 Å². The molecule has 122 valence electrons. The topological polar surface area (TPSA) is 83.5 Å². The zero-order valence-corrected chi connectivity index (χ0v) is 13.5. The van der Waals surface area contributed by atoms with Crippen LogP contribution in [0.4, 0.5) is 0 Å². The standard InChI is InChI=1S/C18H15NO4S/c20-18(21)15-8-3-5-13(11-15)12-19-24(22,23)17-10-4-7-14-6-1-2-9-16(14)17/h1-11,19H,12H2,(H,20,21). The van der Waals surface area contributed by atoms with Gasteiger partial charge in [-0.25, -0.2) is 17.9 Å². The predicted octanol–water partition coefficient (Wildman–Crippen LogP) is 3.02.